The highest BCUT2D eigenvalue weighted by molar-refractivity contribution is 5.90. The van der Waals surface area contributed by atoms with Gasteiger partial charge < -0.3 is 35.4 Å². The van der Waals surface area contributed by atoms with Gasteiger partial charge in [-0.15, -0.1) is 0 Å². The van der Waals surface area contributed by atoms with Gasteiger partial charge in [-0.1, -0.05) is 74.5 Å². The van der Waals surface area contributed by atoms with E-state index in [0.29, 0.717) is 6.42 Å². The summed E-state index contributed by atoms with van der Waals surface area (Å²) in [6.45, 7) is 10.5. The van der Waals surface area contributed by atoms with Crippen molar-refractivity contribution in [1.82, 2.24) is 20.9 Å². The van der Waals surface area contributed by atoms with Crippen LogP contribution in [0.25, 0.3) is 0 Å². The fraction of sp³-hybridized carbons (Fsp3) is 0.515. The van der Waals surface area contributed by atoms with Crippen molar-refractivity contribution in [1.29, 1.82) is 0 Å². The normalized spacial score (nSPS) is 14.0. The fourth-order valence-corrected chi connectivity index (χ4v) is 4.48. The average molecular weight is 613 g/mol. The third kappa shape index (κ3) is 13.0. The molecule has 0 saturated heterocycles. The Morgan fingerprint density at radius 1 is 0.864 bits per heavy atom. The molecule has 242 valence electrons. The van der Waals surface area contributed by atoms with Crippen LogP contribution >= 0.6 is 0 Å². The molecule has 4 atom stereocenters. The Morgan fingerprint density at radius 2 is 1.43 bits per heavy atom. The second-order valence-electron chi connectivity index (χ2n) is 12.3. The van der Waals surface area contributed by atoms with Crippen LogP contribution in [0.15, 0.2) is 60.7 Å². The Kier molecular flexibility index (Phi) is 14.1. The molecule has 44 heavy (non-hydrogen) atoms. The number of amides is 4. The van der Waals surface area contributed by atoms with E-state index < -0.39 is 53.8 Å². The van der Waals surface area contributed by atoms with Crippen molar-refractivity contribution in [3.05, 3.63) is 71.8 Å². The lowest BCUT2D eigenvalue weighted by Crippen LogP contribution is -2.56. The SMILES string of the molecule is COC(=O)[C@@H](C)NC(=O)[C@@H](CC(C)C)NC(=O)N(Cc1ccccc1)C[C@@H](O)[C@@H](Cc1ccccc1)NC(=O)OC(C)(C)C. The summed E-state index contributed by atoms with van der Waals surface area (Å²) < 4.78 is 10.2. The van der Waals surface area contributed by atoms with Gasteiger partial charge in [-0.2, -0.15) is 0 Å². The van der Waals surface area contributed by atoms with E-state index in [1.165, 1.54) is 18.9 Å². The third-order valence-corrected chi connectivity index (χ3v) is 6.61. The van der Waals surface area contributed by atoms with Crippen molar-refractivity contribution in [2.75, 3.05) is 13.7 Å². The van der Waals surface area contributed by atoms with Crippen LogP contribution in [0.2, 0.25) is 0 Å². The molecule has 0 radical (unpaired) electrons. The Hall–Kier alpha value is -4.12. The minimum absolute atomic E-state index is 0.0425. The first-order chi connectivity index (χ1) is 20.7. The number of esters is 1. The number of nitrogens with zero attached hydrogens (tertiary/aromatic N) is 1. The van der Waals surface area contributed by atoms with E-state index in [1.54, 1.807) is 20.8 Å². The van der Waals surface area contributed by atoms with Crippen molar-refractivity contribution < 1.29 is 33.8 Å². The van der Waals surface area contributed by atoms with Crippen molar-refractivity contribution in [2.45, 2.75) is 90.8 Å². The second-order valence-corrected chi connectivity index (χ2v) is 12.3. The minimum Gasteiger partial charge on any atom is -0.467 e. The predicted molar refractivity (Wildman–Crippen MR) is 168 cm³/mol. The first kappa shape index (κ1) is 36.1. The van der Waals surface area contributed by atoms with Crippen LogP contribution in [-0.4, -0.2) is 77.5 Å². The molecule has 0 saturated carbocycles. The van der Waals surface area contributed by atoms with Gasteiger partial charge in [-0.05, 0) is 57.6 Å². The number of nitrogens with one attached hydrogen (secondary N) is 3. The van der Waals surface area contributed by atoms with E-state index in [1.807, 2.05) is 74.5 Å². The zero-order chi connectivity index (χ0) is 32.9. The molecule has 0 aliphatic rings. The van der Waals surface area contributed by atoms with E-state index in [-0.39, 0.29) is 25.4 Å². The largest absolute Gasteiger partial charge is 0.467 e. The number of benzene rings is 2. The highest BCUT2D eigenvalue weighted by Crippen LogP contribution is 2.14. The highest BCUT2D eigenvalue weighted by Gasteiger charge is 2.31. The molecule has 11 heteroatoms. The molecule has 0 aliphatic heterocycles. The van der Waals surface area contributed by atoms with Crippen molar-refractivity contribution in [3.63, 3.8) is 0 Å². The molecule has 2 aromatic carbocycles. The van der Waals surface area contributed by atoms with Gasteiger partial charge in [-0.25, -0.2) is 14.4 Å². The first-order valence-corrected chi connectivity index (χ1v) is 14.9. The zero-order valence-corrected chi connectivity index (χ0v) is 26.8. The predicted octanol–water partition coefficient (Wildman–Crippen LogP) is 3.79. The van der Waals surface area contributed by atoms with Crippen LogP contribution in [0.4, 0.5) is 9.59 Å². The summed E-state index contributed by atoms with van der Waals surface area (Å²) in [5.41, 5.74) is 0.932. The van der Waals surface area contributed by atoms with Gasteiger partial charge in [0, 0.05) is 6.54 Å². The van der Waals surface area contributed by atoms with E-state index in [9.17, 15) is 24.3 Å². The number of alkyl carbamates (subject to hydrolysis) is 1. The molecule has 2 aromatic rings. The maximum Gasteiger partial charge on any atom is 0.407 e. The summed E-state index contributed by atoms with van der Waals surface area (Å²) in [5.74, 6) is -1.09. The Balaban J connectivity index is 2.33. The number of carbonyl (C=O) groups excluding carboxylic acids is 4. The van der Waals surface area contributed by atoms with Gasteiger partial charge in [0.25, 0.3) is 0 Å². The number of methoxy groups -OCH3 is 1. The first-order valence-electron chi connectivity index (χ1n) is 14.9. The summed E-state index contributed by atoms with van der Waals surface area (Å²) in [7, 11) is 1.23. The third-order valence-electron chi connectivity index (χ3n) is 6.61. The van der Waals surface area contributed by atoms with Crippen molar-refractivity contribution in [3.8, 4) is 0 Å². The van der Waals surface area contributed by atoms with Crippen LogP contribution in [0.3, 0.4) is 0 Å². The van der Waals surface area contributed by atoms with Gasteiger partial charge >= 0.3 is 18.1 Å². The maximum absolute atomic E-state index is 13.8. The van der Waals surface area contributed by atoms with Gasteiger partial charge in [0.1, 0.15) is 17.7 Å². The minimum atomic E-state index is -1.20. The van der Waals surface area contributed by atoms with Crippen LogP contribution < -0.4 is 16.0 Å². The monoisotopic (exact) mass is 612 g/mol. The Bertz CT molecular complexity index is 1200. The molecular weight excluding hydrogens is 564 g/mol. The lowest BCUT2D eigenvalue weighted by molar-refractivity contribution is -0.144. The highest BCUT2D eigenvalue weighted by atomic mass is 16.6. The summed E-state index contributed by atoms with van der Waals surface area (Å²) in [4.78, 5) is 52.9. The summed E-state index contributed by atoms with van der Waals surface area (Å²) >= 11 is 0. The molecule has 2 rings (SSSR count). The average Bonchev–Trinajstić information content (AvgIpc) is 2.95. The quantitative estimate of drug-likeness (QED) is 0.238. The van der Waals surface area contributed by atoms with Gasteiger partial charge in [0.2, 0.25) is 5.91 Å². The van der Waals surface area contributed by atoms with Gasteiger partial charge in [0.05, 0.1) is 25.8 Å². The van der Waals surface area contributed by atoms with E-state index in [2.05, 4.69) is 16.0 Å². The topological polar surface area (TPSA) is 146 Å². The van der Waals surface area contributed by atoms with Crippen LogP contribution in [0, 0.1) is 5.92 Å². The van der Waals surface area contributed by atoms with E-state index >= 15 is 0 Å². The van der Waals surface area contributed by atoms with Gasteiger partial charge in [-0.3, -0.25) is 4.79 Å². The fourth-order valence-electron chi connectivity index (χ4n) is 4.48. The molecule has 4 amide bonds. The molecule has 0 aromatic heterocycles. The maximum atomic E-state index is 13.8. The Labute approximate surface area is 260 Å². The number of aliphatic hydroxyl groups excluding tert-OH is 1. The second kappa shape index (κ2) is 17.2. The number of carbonyl (C=O) groups is 4. The zero-order valence-electron chi connectivity index (χ0n) is 26.8. The molecule has 0 aliphatic carbocycles. The van der Waals surface area contributed by atoms with Crippen LogP contribution in [-0.2, 0) is 32.0 Å². The molecule has 11 nitrogen and oxygen atoms in total. The van der Waals surface area contributed by atoms with Gasteiger partial charge in [0.15, 0.2) is 0 Å². The van der Waals surface area contributed by atoms with Crippen LogP contribution in [0.5, 0.6) is 0 Å². The summed E-state index contributed by atoms with van der Waals surface area (Å²) in [6.07, 6.45) is -1.30. The number of urea groups is 1. The Morgan fingerprint density at radius 3 is 1.95 bits per heavy atom. The number of hydrogen-bond donors (Lipinski definition) is 4. The van der Waals surface area contributed by atoms with Crippen molar-refractivity contribution in [2.24, 2.45) is 5.92 Å². The number of aliphatic hydroxyl groups is 1. The number of hydrogen-bond acceptors (Lipinski definition) is 7. The molecule has 0 unspecified atom stereocenters. The molecule has 0 heterocycles. The molecule has 4 N–H and O–H groups in total. The summed E-state index contributed by atoms with van der Waals surface area (Å²) in [5, 5.41) is 19.7. The van der Waals surface area contributed by atoms with Crippen molar-refractivity contribution >= 4 is 24.0 Å². The standard InChI is InChI=1S/C33H48N4O7/c1-22(2)18-27(29(39)34-23(3)30(40)43-7)35-31(41)37(20-25-16-12-9-13-17-25)21-28(38)26(19-24-14-10-8-11-15-24)36-32(42)44-33(4,5)6/h8-17,22-23,26-28,38H,18-21H2,1-7H3,(H,34,39)(H,35,41)(H,36,42)/t23-,26-,27-,28-/m1/s1. The molecule has 0 fully saturated rings. The molecule has 0 bridgehead atoms. The number of rotatable bonds is 14. The van der Waals surface area contributed by atoms with E-state index in [4.69, 9.17) is 9.47 Å². The smallest absolute Gasteiger partial charge is 0.407 e. The number of ether oxygens (including phenoxy) is 2. The van der Waals surface area contributed by atoms with Crippen LogP contribution in [0.1, 0.15) is 59.1 Å². The summed E-state index contributed by atoms with van der Waals surface area (Å²) in [6, 6.07) is 15.4. The lowest BCUT2D eigenvalue weighted by Gasteiger charge is -2.32. The molecule has 0 spiro atoms. The molecular formula is C33H48N4O7. The van der Waals surface area contributed by atoms with E-state index in [0.717, 1.165) is 11.1 Å². The lowest BCUT2D eigenvalue weighted by atomic mass is 10.0.